The zero-order valence-electron chi connectivity index (χ0n) is 20.6. The fourth-order valence-electron chi connectivity index (χ4n) is 3.79. The van der Waals surface area contributed by atoms with Crippen molar-refractivity contribution in [3.05, 3.63) is 81.5 Å². The van der Waals surface area contributed by atoms with Crippen LogP contribution in [0, 0.1) is 0 Å². The molecule has 9 heteroatoms. The molecule has 4 rings (SSSR count). The van der Waals surface area contributed by atoms with E-state index in [1.54, 1.807) is 54.4 Å². The molecule has 0 atom stereocenters. The van der Waals surface area contributed by atoms with E-state index in [2.05, 4.69) is 4.98 Å². The molecule has 0 aliphatic carbocycles. The lowest BCUT2D eigenvalue weighted by Gasteiger charge is -2.19. The monoisotopic (exact) mass is 504 g/mol. The Morgan fingerprint density at radius 3 is 2.39 bits per heavy atom. The molecule has 0 aliphatic heterocycles. The number of nitrogens with zero attached hydrogens (tertiary/aromatic N) is 3. The summed E-state index contributed by atoms with van der Waals surface area (Å²) in [5.41, 5.74) is 3.32. The lowest BCUT2D eigenvalue weighted by Crippen LogP contribution is -2.33. The molecule has 0 aliphatic rings. The van der Waals surface area contributed by atoms with Crippen molar-refractivity contribution >= 4 is 45.5 Å². The molecule has 0 bridgehead atoms. The Bertz CT molecular complexity index is 1410. The van der Waals surface area contributed by atoms with Crippen LogP contribution in [-0.4, -0.2) is 78.8 Å². The number of nitrogens with one attached hydrogen (secondary N) is 1. The number of carbonyl (C=O) groups excluding carboxylic acids is 2. The summed E-state index contributed by atoms with van der Waals surface area (Å²) < 4.78 is 4.81. The minimum Gasteiger partial charge on any atom is -0.494 e. The number of aliphatic imine (C=N–C) groups is 1. The Labute approximate surface area is 213 Å². The molecule has 0 spiro atoms. The molecule has 0 saturated heterocycles. The third-order valence-corrected chi connectivity index (χ3v) is 6.65. The molecule has 2 aromatic heterocycles. The first-order valence-corrected chi connectivity index (χ1v) is 12.2. The van der Waals surface area contributed by atoms with E-state index < -0.39 is 5.97 Å². The van der Waals surface area contributed by atoms with Crippen LogP contribution in [0.5, 0.6) is 5.88 Å². The van der Waals surface area contributed by atoms with Crippen LogP contribution in [-0.2, 0) is 4.74 Å². The number of carbonyl (C=O) groups is 2. The fraction of sp³-hybridized carbons (Fsp3) is 0.222. The van der Waals surface area contributed by atoms with E-state index in [1.165, 1.54) is 18.4 Å². The van der Waals surface area contributed by atoms with E-state index in [4.69, 9.17) is 9.73 Å². The highest BCUT2D eigenvalue weighted by atomic mass is 32.1. The molecule has 0 saturated carbocycles. The smallest absolute Gasteiger partial charge is 0.337 e. The van der Waals surface area contributed by atoms with Gasteiger partial charge < -0.3 is 24.6 Å². The number of hydrogen-bond donors (Lipinski definition) is 2. The molecule has 4 aromatic rings. The normalized spacial score (nSPS) is 11.8. The second kappa shape index (κ2) is 10.8. The van der Waals surface area contributed by atoms with Crippen LogP contribution in [0.3, 0.4) is 0 Å². The summed E-state index contributed by atoms with van der Waals surface area (Å²) in [4.78, 5) is 37.1. The molecule has 8 nitrogen and oxygen atoms in total. The summed E-state index contributed by atoms with van der Waals surface area (Å²) >= 11 is 1.50. The molecule has 0 radical (unpaired) electrons. The predicted molar refractivity (Wildman–Crippen MR) is 143 cm³/mol. The summed E-state index contributed by atoms with van der Waals surface area (Å²) in [6.45, 7) is 1.41. The molecule has 2 aromatic carbocycles. The Morgan fingerprint density at radius 1 is 1.03 bits per heavy atom. The van der Waals surface area contributed by atoms with Crippen molar-refractivity contribution in [2.75, 3.05) is 41.3 Å². The maximum atomic E-state index is 12.8. The minimum atomic E-state index is -0.457. The molecule has 36 heavy (non-hydrogen) atoms. The highest BCUT2D eigenvalue weighted by Crippen LogP contribution is 2.33. The topological polar surface area (TPSA) is 98.2 Å². The number of likely N-dealkylation sites (N-methyl/N-ethyl adjacent to an activating group) is 2. The van der Waals surface area contributed by atoms with Crippen LogP contribution >= 0.6 is 11.3 Å². The van der Waals surface area contributed by atoms with Gasteiger partial charge in [-0.1, -0.05) is 12.1 Å². The van der Waals surface area contributed by atoms with Crippen molar-refractivity contribution in [3.8, 4) is 5.88 Å². The molecule has 2 N–H and O–H groups in total. The SMILES string of the molecule is COC(=O)c1ccc2c(C(=Nc3ccc(C(=O)N(C)CCN(C)C)cc3)c3cccs3)c(O)[nH]c2c1. The largest absolute Gasteiger partial charge is 0.494 e. The predicted octanol–water partition coefficient (Wildman–Crippen LogP) is 4.52. The number of benzene rings is 2. The summed E-state index contributed by atoms with van der Waals surface area (Å²) in [5.74, 6) is -0.559. The number of fused-ring (bicyclic) bond motifs is 1. The van der Waals surface area contributed by atoms with Crippen molar-refractivity contribution in [2.45, 2.75) is 0 Å². The van der Waals surface area contributed by atoms with Gasteiger partial charge in [0.15, 0.2) is 5.88 Å². The van der Waals surface area contributed by atoms with Crippen molar-refractivity contribution in [2.24, 2.45) is 4.99 Å². The van der Waals surface area contributed by atoms with Crippen LogP contribution in [0.4, 0.5) is 5.69 Å². The van der Waals surface area contributed by atoms with Gasteiger partial charge in [0, 0.05) is 36.6 Å². The standard InChI is InChI=1S/C27H28N4O4S/c1-30(2)13-14-31(3)26(33)17-7-10-19(11-8-17)28-24(22-6-5-15-36-22)23-20-12-9-18(27(34)35-4)16-21(20)29-25(23)32/h5-12,15-16,29,32H,13-14H2,1-4H3. The van der Waals surface area contributed by atoms with Gasteiger partial charge in [0.05, 0.1) is 34.5 Å². The first-order chi connectivity index (χ1) is 17.3. The highest BCUT2D eigenvalue weighted by molar-refractivity contribution is 7.12. The third kappa shape index (κ3) is 5.32. The van der Waals surface area contributed by atoms with Gasteiger partial charge in [-0.25, -0.2) is 9.79 Å². The number of ether oxygens (including phenoxy) is 1. The zero-order chi connectivity index (χ0) is 25.8. The van der Waals surface area contributed by atoms with Crippen LogP contribution in [0.2, 0.25) is 0 Å². The summed E-state index contributed by atoms with van der Waals surface area (Å²) in [6.07, 6.45) is 0. The van der Waals surface area contributed by atoms with E-state index in [1.807, 2.05) is 36.5 Å². The lowest BCUT2D eigenvalue weighted by atomic mass is 10.0. The third-order valence-electron chi connectivity index (χ3n) is 5.78. The second-order valence-electron chi connectivity index (χ2n) is 8.62. The van der Waals surface area contributed by atoms with Crippen molar-refractivity contribution in [1.29, 1.82) is 0 Å². The minimum absolute atomic E-state index is 0.0477. The lowest BCUT2D eigenvalue weighted by molar-refractivity contribution is 0.0600. The Hall–Kier alpha value is -3.95. The molecule has 0 unspecified atom stereocenters. The maximum absolute atomic E-state index is 12.8. The quantitative estimate of drug-likeness (QED) is 0.272. The first-order valence-electron chi connectivity index (χ1n) is 11.3. The molecule has 1 amide bonds. The van der Waals surface area contributed by atoms with Crippen LogP contribution in [0.15, 0.2) is 65.0 Å². The molecular formula is C27H28N4O4S. The summed E-state index contributed by atoms with van der Waals surface area (Å²) in [7, 11) is 7.06. The zero-order valence-corrected chi connectivity index (χ0v) is 21.4. The van der Waals surface area contributed by atoms with Gasteiger partial charge in [0.25, 0.3) is 5.91 Å². The summed E-state index contributed by atoms with van der Waals surface area (Å²) in [6, 6.07) is 16.0. The number of H-pyrrole nitrogens is 1. The number of thiophene rings is 1. The van der Waals surface area contributed by atoms with E-state index >= 15 is 0 Å². The van der Waals surface area contributed by atoms with Crippen molar-refractivity contribution < 1.29 is 19.4 Å². The van der Waals surface area contributed by atoms with Gasteiger partial charge in [-0.2, -0.15) is 0 Å². The maximum Gasteiger partial charge on any atom is 0.337 e. The number of amides is 1. The average molecular weight is 505 g/mol. The molecule has 2 heterocycles. The number of methoxy groups -OCH3 is 1. The van der Waals surface area contributed by atoms with E-state index in [0.29, 0.717) is 40.2 Å². The van der Waals surface area contributed by atoms with Crippen LogP contribution in [0.25, 0.3) is 10.9 Å². The van der Waals surface area contributed by atoms with Crippen molar-refractivity contribution in [3.63, 3.8) is 0 Å². The number of esters is 1. The van der Waals surface area contributed by atoms with Gasteiger partial charge in [-0.05, 0) is 61.9 Å². The number of aromatic hydroxyl groups is 1. The highest BCUT2D eigenvalue weighted by Gasteiger charge is 2.21. The van der Waals surface area contributed by atoms with Crippen molar-refractivity contribution in [1.82, 2.24) is 14.8 Å². The number of rotatable bonds is 8. The van der Waals surface area contributed by atoms with Gasteiger partial charge in [0.1, 0.15) is 0 Å². The van der Waals surface area contributed by atoms with Crippen LogP contribution in [0.1, 0.15) is 31.2 Å². The van der Waals surface area contributed by atoms with E-state index in [-0.39, 0.29) is 11.8 Å². The van der Waals surface area contributed by atoms with Crippen LogP contribution < -0.4 is 0 Å². The number of aromatic amines is 1. The first kappa shape index (κ1) is 25.2. The van der Waals surface area contributed by atoms with E-state index in [9.17, 15) is 14.7 Å². The average Bonchev–Trinajstić information content (AvgIpc) is 3.52. The summed E-state index contributed by atoms with van der Waals surface area (Å²) in [5, 5.41) is 13.5. The van der Waals surface area contributed by atoms with E-state index in [0.717, 1.165) is 16.8 Å². The van der Waals surface area contributed by atoms with Gasteiger partial charge in [-0.15, -0.1) is 11.3 Å². The molecule has 0 fully saturated rings. The Balaban J connectivity index is 1.71. The molecular weight excluding hydrogens is 476 g/mol. The fourth-order valence-corrected chi connectivity index (χ4v) is 4.52. The molecule has 186 valence electrons. The second-order valence-corrected chi connectivity index (χ2v) is 9.56. The van der Waals surface area contributed by atoms with Gasteiger partial charge in [-0.3, -0.25) is 4.79 Å². The van der Waals surface area contributed by atoms with Gasteiger partial charge >= 0.3 is 5.97 Å². The number of aromatic nitrogens is 1. The Morgan fingerprint density at radius 2 is 1.75 bits per heavy atom. The Kier molecular flexibility index (Phi) is 7.52. The number of hydrogen-bond acceptors (Lipinski definition) is 7. The van der Waals surface area contributed by atoms with Gasteiger partial charge in [0.2, 0.25) is 0 Å².